The highest BCUT2D eigenvalue weighted by Gasteiger charge is 2.46. The average Bonchev–Trinajstić information content (AvgIpc) is 2.53. The molecule has 3 heteroatoms. The molecule has 2 atom stereocenters. The van der Waals surface area contributed by atoms with E-state index in [1.54, 1.807) is 7.11 Å². The van der Waals surface area contributed by atoms with Crippen LogP contribution in [0.25, 0.3) is 0 Å². The molecule has 0 aromatic heterocycles. The summed E-state index contributed by atoms with van der Waals surface area (Å²) in [7, 11) is 1.77. The molecule has 130 valence electrons. The first-order chi connectivity index (χ1) is 11.3. The van der Waals surface area contributed by atoms with Crippen LogP contribution in [0.2, 0.25) is 0 Å². The summed E-state index contributed by atoms with van der Waals surface area (Å²) >= 11 is 0. The lowest BCUT2D eigenvalue weighted by Crippen LogP contribution is -2.41. The summed E-state index contributed by atoms with van der Waals surface area (Å²) in [6, 6.07) is 4.49. The van der Waals surface area contributed by atoms with Gasteiger partial charge in [-0.3, -0.25) is 0 Å². The summed E-state index contributed by atoms with van der Waals surface area (Å²) in [4.78, 5) is 11.5. The molecular formula is C21H28O3. The van der Waals surface area contributed by atoms with E-state index in [2.05, 4.69) is 32.9 Å². The summed E-state index contributed by atoms with van der Waals surface area (Å²) < 4.78 is 5.81. The molecule has 0 spiro atoms. The fourth-order valence-electron chi connectivity index (χ4n) is 4.99. The van der Waals surface area contributed by atoms with Crippen LogP contribution in [-0.2, 0) is 16.6 Å². The SMILES string of the molecule is COc1c(C(C)C)ccc2c1CCC1C(C)=C(C(=O)O)CCC21C. The lowest BCUT2D eigenvalue weighted by Gasteiger charge is -2.47. The summed E-state index contributed by atoms with van der Waals surface area (Å²) in [6.07, 6.45) is 3.52. The van der Waals surface area contributed by atoms with E-state index in [0.717, 1.165) is 30.6 Å². The maximum Gasteiger partial charge on any atom is 0.331 e. The zero-order valence-electron chi connectivity index (χ0n) is 15.4. The highest BCUT2D eigenvalue weighted by molar-refractivity contribution is 5.88. The first-order valence-corrected chi connectivity index (χ1v) is 8.94. The second kappa shape index (κ2) is 5.94. The molecule has 0 saturated carbocycles. The maximum absolute atomic E-state index is 11.5. The smallest absolute Gasteiger partial charge is 0.331 e. The van der Waals surface area contributed by atoms with Gasteiger partial charge in [-0.1, -0.05) is 38.5 Å². The summed E-state index contributed by atoms with van der Waals surface area (Å²) in [6.45, 7) is 8.73. The minimum Gasteiger partial charge on any atom is -0.496 e. The number of rotatable bonds is 3. The van der Waals surface area contributed by atoms with Crippen molar-refractivity contribution in [3.8, 4) is 5.75 Å². The van der Waals surface area contributed by atoms with E-state index in [1.165, 1.54) is 16.7 Å². The molecule has 0 aliphatic heterocycles. The van der Waals surface area contributed by atoms with Gasteiger partial charge in [0.05, 0.1) is 7.11 Å². The molecule has 3 nitrogen and oxygen atoms in total. The quantitative estimate of drug-likeness (QED) is 0.864. The van der Waals surface area contributed by atoms with Crippen molar-refractivity contribution in [2.75, 3.05) is 7.11 Å². The minimum atomic E-state index is -0.743. The Hall–Kier alpha value is -1.77. The third-order valence-corrected chi connectivity index (χ3v) is 6.34. The topological polar surface area (TPSA) is 46.5 Å². The van der Waals surface area contributed by atoms with E-state index in [1.807, 2.05) is 6.92 Å². The fraction of sp³-hybridized carbons (Fsp3) is 0.571. The van der Waals surface area contributed by atoms with Gasteiger partial charge >= 0.3 is 5.97 Å². The van der Waals surface area contributed by atoms with Crippen LogP contribution in [0.3, 0.4) is 0 Å². The Kier molecular flexibility index (Phi) is 4.23. The van der Waals surface area contributed by atoms with Crippen LogP contribution >= 0.6 is 0 Å². The number of carboxylic acids is 1. The Morgan fingerprint density at radius 2 is 2.04 bits per heavy atom. The van der Waals surface area contributed by atoms with E-state index in [4.69, 9.17) is 4.74 Å². The van der Waals surface area contributed by atoms with Crippen molar-refractivity contribution in [3.63, 3.8) is 0 Å². The molecule has 0 bridgehead atoms. The third-order valence-electron chi connectivity index (χ3n) is 6.34. The van der Waals surface area contributed by atoms with Crippen LogP contribution in [0.5, 0.6) is 5.75 Å². The number of hydrogen-bond acceptors (Lipinski definition) is 2. The molecule has 24 heavy (non-hydrogen) atoms. The first-order valence-electron chi connectivity index (χ1n) is 8.94. The van der Waals surface area contributed by atoms with Gasteiger partial charge in [0.25, 0.3) is 0 Å². The van der Waals surface area contributed by atoms with Crippen LogP contribution in [0.1, 0.15) is 69.6 Å². The number of benzene rings is 1. The lowest BCUT2D eigenvalue weighted by molar-refractivity contribution is -0.133. The number of methoxy groups -OCH3 is 1. The molecule has 0 saturated heterocycles. The number of carbonyl (C=O) groups is 1. The van der Waals surface area contributed by atoms with Gasteiger partial charge in [0.1, 0.15) is 5.75 Å². The van der Waals surface area contributed by atoms with Crippen molar-refractivity contribution >= 4 is 5.97 Å². The molecule has 0 radical (unpaired) electrons. The van der Waals surface area contributed by atoms with Crippen LogP contribution in [-0.4, -0.2) is 18.2 Å². The molecular weight excluding hydrogens is 300 g/mol. The van der Waals surface area contributed by atoms with Crippen LogP contribution in [0.4, 0.5) is 0 Å². The van der Waals surface area contributed by atoms with Gasteiger partial charge in [0.15, 0.2) is 0 Å². The predicted octanol–water partition coefficient (Wildman–Crippen LogP) is 4.83. The Labute approximate surface area is 144 Å². The van der Waals surface area contributed by atoms with Gasteiger partial charge in [0, 0.05) is 5.57 Å². The van der Waals surface area contributed by atoms with E-state index in [0.29, 0.717) is 23.8 Å². The summed E-state index contributed by atoms with van der Waals surface area (Å²) in [5, 5.41) is 9.48. The van der Waals surface area contributed by atoms with E-state index >= 15 is 0 Å². The average molecular weight is 328 g/mol. The van der Waals surface area contributed by atoms with Crippen molar-refractivity contribution in [1.82, 2.24) is 0 Å². The number of ether oxygens (including phenoxy) is 1. The monoisotopic (exact) mass is 328 g/mol. The number of fused-ring (bicyclic) bond motifs is 3. The molecule has 2 aliphatic rings. The predicted molar refractivity (Wildman–Crippen MR) is 95.8 cm³/mol. The molecule has 0 amide bonds. The summed E-state index contributed by atoms with van der Waals surface area (Å²) in [5.41, 5.74) is 5.70. The minimum absolute atomic E-state index is 0.0133. The molecule has 0 fully saturated rings. The van der Waals surface area contributed by atoms with Crippen molar-refractivity contribution in [2.45, 2.75) is 64.7 Å². The first kappa shape index (κ1) is 17.1. The van der Waals surface area contributed by atoms with Gasteiger partial charge < -0.3 is 9.84 Å². The maximum atomic E-state index is 11.5. The van der Waals surface area contributed by atoms with Gasteiger partial charge in [-0.15, -0.1) is 0 Å². The summed E-state index contributed by atoms with van der Waals surface area (Å²) in [5.74, 6) is 1.06. The Morgan fingerprint density at radius 3 is 2.62 bits per heavy atom. The van der Waals surface area contributed by atoms with Crippen LogP contribution < -0.4 is 4.74 Å². The largest absolute Gasteiger partial charge is 0.496 e. The van der Waals surface area contributed by atoms with E-state index in [9.17, 15) is 9.90 Å². The number of carboxylic acid groups (broad SMARTS) is 1. The Balaban J connectivity index is 2.15. The van der Waals surface area contributed by atoms with Crippen molar-refractivity contribution in [1.29, 1.82) is 0 Å². The number of allylic oxidation sites excluding steroid dienone is 1. The van der Waals surface area contributed by atoms with Gasteiger partial charge in [-0.2, -0.15) is 0 Å². The molecule has 1 aromatic rings. The third kappa shape index (κ3) is 2.37. The molecule has 1 aromatic carbocycles. The van der Waals surface area contributed by atoms with Gasteiger partial charge in [-0.25, -0.2) is 4.79 Å². The Bertz CT molecular complexity index is 714. The molecule has 2 unspecified atom stereocenters. The zero-order valence-corrected chi connectivity index (χ0v) is 15.4. The number of aliphatic carboxylic acids is 1. The molecule has 1 N–H and O–H groups in total. The number of hydrogen-bond donors (Lipinski definition) is 1. The van der Waals surface area contributed by atoms with Crippen molar-refractivity contribution in [3.05, 3.63) is 40.0 Å². The lowest BCUT2D eigenvalue weighted by atomic mass is 9.56. The van der Waals surface area contributed by atoms with Gasteiger partial charge in [-0.05, 0) is 66.5 Å². The van der Waals surface area contributed by atoms with E-state index < -0.39 is 5.97 Å². The van der Waals surface area contributed by atoms with Crippen LogP contribution in [0.15, 0.2) is 23.3 Å². The van der Waals surface area contributed by atoms with Crippen molar-refractivity contribution < 1.29 is 14.6 Å². The normalized spacial score (nSPS) is 26.2. The Morgan fingerprint density at radius 1 is 1.33 bits per heavy atom. The van der Waals surface area contributed by atoms with Crippen LogP contribution in [0, 0.1) is 5.92 Å². The second-order valence-electron chi connectivity index (χ2n) is 7.84. The van der Waals surface area contributed by atoms with Crippen molar-refractivity contribution in [2.24, 2.45) is 5.92 Å². The molecule has 2 aliphatic carbocycles. The second-order valence-corrected chi connectivity index (χ2v) is 7.84. The zero-order chi connectivity index (χ0) is 17.6. The highest BCUT2D eigenvalue weighted by atomic mass is 16.5. The van der Waals surface area contributed by atoms with Gasteiger partial charge in [0.2, 0.25) is 0 Å². The van der Waals surface area contributed by atoms with E-state index in [-0.39, 0.29) is 5.41 Å². The molecule has 3 rings (SSSR count). The standard InChI is InChI=1S/C21H28O3/c1-12(2)14-6-9-18-16(19(14)24-5)7-8-17-13(3)15(20(22)23)10-11-21(17,18)4/h6,9,12,17H,7-8,10-11H2,1-5H3,(H,22,23). The molecule has 0 heterocycles. The highest BCUT2D eigenvalue weighted by Crippen LogP contribution is 2.54. The fourth-order valence-corrected chi connectivity index (χ4v) is 4.99.